The highest BCUT2D eigenvalue weighted by Crippen LogP contribution is 2.44. The number of halogens is 1. The summed E-state index contributed by atoms with van der Waals surface area (Å²) in [4.78, 5) is 21.8. The quantitative estimate of drug-likeness (QED) is 0.386. The number of thiophene rings is 1. The van der Waals surface area contributed by atoms with Crippen molar-refractivity contribution in [1.29, 1.82) is 0 Å². The molecule has 2 bridgehead atoms. The number of nitrogens with zero attached hydrogens (tertiary/aromatic N) is 5. The molecule has 11 heteroatoms. The first-order valence-corrected chi connectivity index (χ1v) is 12.7. The first-order chi connectivity index (χ1) is 16.6. The molecule has 2 saturated heterocycles. The number of nitrogens with two attached hydrogens (primary N) is 1. The van der Waals surface area contributed by atoms with Crippen molar-refractivity contribution >= 4 is 64.1 Å². The van der Waals surface area contributed by atoms with E-state index in [0.717, 1.165) is 61.8 Å². The average Bonchev–Trinajstić information content (AvgIpc) is 3.52. The average molecular weight is 494 g/mol. The van der Waals surface area contributed by atoms with Gasteiger partial charge in [-0.1, -0.05) is 11.3 Å². The molecule has 172 valence electrons. The second-order valence-electron chi connectivity index (χ2n) is 8.72. The summed E-state index contributed by atoms with van der Waals surface area (Å²) in [5.41, 5.74) is 7.94. The van der Waals surface area contributed by atoms with Gasteiger partial charge < -0.3 is 20.7 Å². The molecule has 0 spiro atoms. The number of hydrogen-bond donors (Lipinski definition) is 2. The van der Waals surface area contributed by atoms with Gasteiger partial charge in [0.05, 0.1) is 33.1 Å². The highest BCUT2D eigenvalue weighted by molar-refractivity contribution is 7.26. The number of methoxy groups -OCH3 is 1. The molecule has 4 aromatic heterocycles. The van der Waals surface area contributed by atoms with Crippen molar-refractivity contribution < 1.29 is 9.13 Å². The molecule has 0 aliphatic carbocycles. The van der Waals surface area contributed by atoms with Crippen LogP contribution in [0.25, 0.3) is 41.8 Å². The lowest BCUT2D eigenvalue weighted by Crippen LogP contribution is -2.51. The SMILES string of the molecule is COc1nc(N2CC3CCC(C2)N3)c2c(n1)sc1c(-c3ccc(F)c4sc(N)nc34)nccc12. The van der Waals surface area contributed by atoms with Crippen molar-refractivity contribution in [2.75, 3.05) is 30.8 Å². The lowest BCUT2D eigenvalue weighted by molar-refractivity contribution is 0.380. The predicted octanol–water partition coefficient (Wildman–Crippen LogP) is 4.19. The van der Waals surface area contributed by atoms with Gasteiger partial charge in [0.2, 0.25) is 0 Å². The van der Waals surface area contributed by atoms with E-state index in [1.807, 2.05) is 6.07 Å². The molecule has 3 N–H and O–H groups in total. The largest absolute Gasteiger partial charge is 0.467 e. The second kappa shape index (κ2) is 7.42. The molecule has 6 heterocycles. The van der Waals surface area contributed by atoms with Crippen LogP contribution < -0.4 is 20.7 Å². The fraction of sp³-hybridized carbons (Fsp3) is 0.304. The molecule has 2 atom stereocenters. The first-order valence-electron chi connectivity index (χ1n) is 11.1. The zero-order valence-electron chi connectivity index (χ0n) is 18.2. The number of fused-ring (bicyclic) bond motifs is 6. The maximum atomic E-state index is 14.4. The predicted molar refractivity (Wildman–Crippen MR) is 134 cm³/mol. The van der Waals surface area contributed by atoms with Gasteiger partial charge in [-0.2, -0.15) is 9.97 Å². The highest BCUT2D eigenvalue weighted by Gasteiger charge is 2.34. The van der Waals surface area contributed by atoms with Crippen LogP contribution in [-0.4, -0.2) is 52.2 Å². The monoisotopic (exact) mass is 493 g/mol. The summed E-state index contributed by atoms with van der Waals surface area (Å²) in [6, 6.07) is 6.48. The Morgan fingerprint density at radius 1 is 1.09 bits per heavy atom. The van der Waals surface area contributed by atoms with E-state index in [1.54, 1.807) is 30.7 Å². The minimum absolute atomic E-state index is 0.330. The van der Waals surface area contributed by atoms with E-state index >= 15 is 0 Å². The summed E-state index contributed by atoms with van der Waals surface area (Å²) in [7, 11) is 1.59. The fourth-order valence-corrected chi connectivity index (χ4v) is 7.15. The third-order valence-electron chi connectivity index (χ3n) is 6.67. The molecule has 1 aromatic carbocycles. The van der Waals surface area contributed by atoms with Gasteiger partial charge in [-0.3, -0.25) is 4.98 Å². The van der Waals surface area contributed by atoms with Crippen molar-refractivity contribution in [2.45, 2.75) is 24.9 Å². The highest BCUT2D eigenvalue weighted by atomic mass is 32.1. The van der Waals surface area contributed by atoms with Crippen molar-refractivity contribution in [3.63, 3.8) is 0 Å². The molecule has 2 fully saturated rings. The molecular formula is C23H20FN7OS2. The molecule has 2 unspecified atom stereocenters. The molecule has 0 saturated carbocycles. The van der Waals surface area contributed by atoms with Gasteiger partial charge in [-0.25, -0.2) is 9.37 Å². The summed E-state index contributed by atoms with van der Waals surface area (Å²) in [6.45, 7) is 1.80. The summed E-state index contributed by atoms with van der Waals surface area (Å²) in [5, 5.41) is 6.04. The number of ether oxygens (including phenoxy) is 1. The van der Waals surface area contributed by atoms with E-state index in [9.17, 15) is 4.39 Å². The van der Waals surface area contributed by atoms with Gasteiger partial charge in [0, 0.05) is 42.3 Å². The lowest BCUT2D eigenvalue weighted by Gasteiger charge is -2.34. The van der Waals surface area contributed by atoms with Crippen LogP contribution in [-0.2, 0) is 0 Å². The number of benzene rings is 1. The maximum absolute atomic E-state index is 14.4. The van der Waals surface area contributed by atoms with E-state index < -0.39 is 0 Å². The van der Waals surface area contributed by atoms with Crippen molar-refractivity contribution in [3.8, 4) is 17.3 Å². The van der Waals surface area contributed by atoms with Gasteiger partial charge >= 0.3 is 6.01 Å². The molecule has 0 amide bonds. The van der Waals surface area contributed by atoms with E-state index in [1.165, 1.54) is 18.9 Å². The Hall–Kier alpha value is -3.15. The van der Waals surface area contributed by atoms with E-state index in [2.05, 4.69) is 25.2 Å². The third kappa shape index (κ3) is 2.97. The third-order valence-corrected chi connectivity index (χ3v) is 8.67. The number of hydrogen-bond acceptors (Lipinski definition) is 10. The van der Waals surface area contributed by atoms with Gasteiger partial charge in [0.1, 0.15) is 16.5 Å². The molecule has 34 heavy (non-hydrogen) atoms. The maximum Gasteiger partial charge on any atom is 0.319 e. The lowest BCUT2D eigenvalue weighted by atomic mass is 10.1. The minimum atomic E-state index is -0.331. The van der Waals surface area contributed by atoms with Crippen molar-refractivity contribution in [1.82, 2.24) is 25.3 Å². The Morgan fingerprint density at radius 3 is 2.71 bits per heavy atom. The zero-order valence-corrected chi connectivity index (χ0v) is 19.8. The van der Waals surface area contributed by atoms with E-state index in [-0.39, 0.29) is 5.82 Å². The summed E-state index contributed by atoms with van der Waals surface area (Å²) in [6.07, 6.45) is 4.15. The molecule has 5 aromatic rings. The van der Waals surface area contributed by atoms with E-state index in [4.69, 9.17) is 15.5 Å². The van der Waals surface area contributed by atoms with Crippen LogP contribution in [0.2, 0.25) is 0 Å². The molecule has 0 radical (unpaired) electrons. The molecule has 7 rings (SSSR count). The second-order valence-corrected chi connectivity index (χ2v) is 10.7. The molecule has 2 aliphatic rings. The Labute approximate surface area is 201 Å². The molecule has 8 nitrogen and oxygen atoms in total. The van der Waals surface area contributed by atoms with Gasteiger partial charge in [-0.15, -0.1) is 11.3 Å². The Bertz CT molecular complexity index is 1590. The molecular weight excluding hydrogens is 473 g/mol. The van der Waals surface area contributed by atoms with Gasteiger partial charge in [-0.05, 0) is 31.0 Å². The zero-order chi connectivity index (χ0) is 23.0. The van der Waals surface area contributed by atoms with Crippen LogP contribution >= 0.6 is 22.7 Å². The fourth-order valence-electron chi connectivity index (χ4n) is 5.23. The Balaban J connectivity index is 1.49. The van der Waals surface area contributed by atoms with Crippen LogP contribution in [0.4, 0.5) is 15.3 Å². The minimum Gasteiger partial charge on any atom is -0.467 e. The number of anilines is 2. The van der Waals surface area contributed by atoms with Crippen molar-refractivity contribution in [3.05, 3.63) is 30.2 Å². The Morgan fingerprint density at radius 2 is 1.91 bits per heavy atom. The normalized spacial score (nSPS) is 20.1. The van der Waals surface area contributed by atoms with Crippen molar-refractivity contribution in [2.24, 2.45) is 0 Å². The number of nitrogen functional groups attached to an aromatic ring is 1. The summed E-state index contributed by atoms with van der Waals surface area (Å²) in [5.74, 6) is 0.563. The van der Waals surface area contributed by atoms with Crippen LogP contribution in [0.15, 0.2) is 24.4 Å². The van der Waals surface area contributed by atoms with Crippen LogP contribution in [0.1, 0.15) is 12.8 Å². The molecule has 2 aliphatic heterocycles. The van der Waals surface area contributed by atoms with Crippen LogP contribution in [0.5, 0.6) is 6.01 Å². The van der Waals surface area contributed by atoms with Crippen LogP contribution in [0, 0.1) is 5.82 Å². The van der Waals surface area contributed by atoms with E-state index in [0.29, 0.717) is 33.4 Å². The Kier molecular flexibility index (Phi) is 4.42. The first kappa shape index (κ1) is 20.2. The summed E-state index contributed by atoms with van der Waals surface area (Å²) < 4.78 is 21.3. The number of piperazine rings is 1. The number of pyridine rings is 1. The number of nitrogens with one attached hydrogen (secondary N) is 1. The standard InChI is InChI=1S/C23H20FN7OS2/c1-32-23-29-20(31-8-10-2-3-11(9-31)27-10)15-12-6-7-26-16(18(12)33-21(15)30-23)13-4-5-14(24)19-17(13)28-22(25)34-19/h4-7,10-11,27H,2-3,8-9H2,1H3,(H2,25,28). The smallest absolute Gasteiger partial charge is 0.319 e. The number of aromatic nitrogens is 4. The number of rotatable bonds is 3. The van der Waals surface area contributed by atoms with Gasteiger partial charge in [0.15, 0.2) is 5.13 Å². The topological polar surface area (TPSA) is 102 Å². The number of thiazole rings is 1. The van der Waals surface area contributed by atoms with Crippen LogP contribution in [0.3, 0.4) is 0 Å². The van der Waals surface area contributed by atoms with Gasteiger partial charge in [0.25, 0.3) is 0 Å². The summed E-state index contributed by atoms with van der Waals surface area (Å²) >= 11 is 2.69.